The molecular formula is C17H28ClNO2. The maximum absolute atomic E-state index is 11.8. The van der Waals surface area contributed by atoms with Crippen LogP contribution in [0.2, 0.25) is 0 Å². The quantitative estimate of drug-likeness (QED) is 0.534. The lowest BCUT2D eigenvalue weighted by Gasteiger charge is -2.42. The van der Waals surface area contributed by atoms with Crippen molar-refractivity contribution in [3.63, 3.8) is 0 Å². The van der Waals surface area contributed by atoms with Gasteiger partial charge in [0, 0.05) is 30.5 Å². The van der Waals surface area contributed by atoms with E-state index in [-0.39, 0.29) is 28.3 Å². The van der Waals surface area contributed by atoms with Crippen molar-refractivity contribution in [3.05, 3.63) is 12.2 Å². The SMILES string of the molecule is CC(C)(C)C(=O)/C=C/CN1CC(CC(C)(C)C(=O)CCl)C1. The average molecular weight is 314 g/mol. The third-order valence-corrected chi connectivity index (χ3v) is 4.32. The van der Waals surface area contributed by atoms with Gasteiger partial charge in [0.2, 0.25) is 0 Å². The maximum Gasteiger partial charge on any atom is 0.160 e. The highest BCUT2D eigenvalue weighted by atomic mass is 35.5. The lowest BCUT2D eigenvalue weighted by molar-refractivity contribution is -0.126. The van der Waals surface area contributed by atoms with E-state index in [4.69, 9.17) is 11.6 Å². The summed E-state index contributed by atoms with van der Waals surface area (Å²) >= 11 is 5.64. The number of ketones is 2. The number of halogens is 1. The Kier molecular flexibility index (Phi) is 6.18. The number of nitrogens with zero attached hydrogens (tertiary/aromatic N) is 1. The van der Waals surface area contributed by atoms with Crippen molar-refractivity contribution in [2.45, 2.75) is 41.0 Å². The fraction of sp³-hybridized carbons (Fsp3) is 0.765. The molecule has 0 aliphatic carbocycles. The number of likely N-dealkylation sites (tertiary alicyclic amines) is 1. The van der Waals surface area contributed by atoms with Crippen LogP contribution in [0, 0.1) is 16.7 Å². The third-order valence-electron chi connectivity index (χ3n) is 4.08. The molecule has 0 N–H and O–H groups in total. The van der Waals surface area contributed by atoms with Crippen LogP contribution in [0.5, 0.6) is 0 Å². The molecule has 0 radical (unpaired) electrons. The van der Waals surface area contributed by atoms with Gasteiger partial charge in [-0.3, -0.25) is 14.5 Å². The predicted molar refractivity (Wildman–Crippen MR) is 87.7 cm³/mol. The molecule has 120 valence electrons. The molecule has 0 unspecified atom stereocenters. The van der Waals surface area contributed by atoms with Crippen molar-refractivity contribution < 1.29 is 9.59 Å². The number of allylic oxidation sites excluding steroid dienone is 1. The molecule has 1 fully saturated rings. The highest BCUT2D eigenvalue weighted by molar-refractivity contribution is 6.28. The molecule has 21 heavy (non-hydrogen) atoms. The number of hydrogen-bond acceptors (Lipinski definition) is 3. The molecule has 0 bridgehead atoms. The van der Waals surface area contributed by atoms with Crippen LogP contribution in [0.15, 0.2) is 12.2 Å². The summed E-state index contributed by atoms with van der Waals surface area (Å²) in [5.74, 6) is 0.937. The zero-order valence-electron chi connectivity index (χ0n) is 13.9. The molecule has 1 rings (SSSR count). The van der Waals surface area contributed by atoms with E-state index in [1.54, 1.807) is 6.08 Å². The van der Waals surface area contributed by atoms with Gasteiger partial charge in [0.25, 0.3) is 0 Å². The van der Waals surface area contributed by atoms with Crippen molar-refractivity contribution in [2.24, 2.45) is 16.7 Å². The van der Waals surface area contributed by atoms with Crippen LogP contribution in [0.3, 0.4) is 0 Å². The first kappa shape index (κ1) is 18.4. The van der Waals surface area contributed by atoms with Gasteiger partial charge < -0.3 is 0 Å². The Morgan fingerprint density at radius 2 is 1.76 bits per heavy atom. The van der Waals surface area contributed by atoms with E-state index in [2.05, 4.69) is 4.90 Å². The van der Waals surface area contributed by atoms with Crippen molar-refractivity contribution in [1.29, 1.82) is 0 Å². The molecule has 3 nitrogen and oxygen atoms in total. The number of carbonyl (C=O) groups excluding carboxylic acids is 2. The normalized spacial score (nSPS) is 18.0. The summed E-state index contributed by atoms with van der Waals surface area (Å²) in [6, 6.07) is 0. The van der Waals surface area contributed by atoms with Gasteiger partial charge >= 0.3 is 0 Å². The van der Waals surface area contributed by atoms with Crippen molar-refractivity contribution in [2.75, 3.05) is 25.5 Å². The monoisotopic (exact) mass is 313 g/mol. The molecule has 0 saturated carbocycles. The van der Waals surface area contributed by atoms with Crippen molar-refractivity contribution in [1.82, 2.24) is 4.90 Å². The second kappa shape index (κ2) is 7.06. The zero-order valence-corrected chi connectivity index (χ0v) is 14.7. The molecule has 0 aromatic rings. The van der Waals surface area contributed by atoms with E-state index in [0.29, 0.717) is 5.92 Å². The fourth-order valence-corrected chi connectivity index (χ4v) is 2.89. The number of hydrogen-bond donors (Lipinski definition) is 0. The van der Waals surface area contributed by atoms with Gasteiger partial charge in [-0.15, -0.1) is 11.6 Å². The summed E-state index contributed by atoms with van der Waals surface area (Å²) in [7, 11) is 0. The molecule has 1 heterocycles. The first-order valence-corrected chi connectivity index (χ1v) is 8.12. The second-order valence-corrected chi connectivity index (χ2v) is 8.01. The molecule has 1 aliphatic rings. The summed E-state index contributed by atoms with van der Waals surface area (Å²) in [6.07, 6.45) is 4.52. The summed E-state index contributed by atoms with van der Waals surface area (Å²) < 4.78 is 0. The highest BCUT2D eigenvalue weighted by Gasteiger charge is 2.35. The molecule has 0 atom stereocenters. The van der Waals surface area contributed by atoms with Crippen LogP contribution in [0.25, 0.3) is 0 Å². The molecule has 0 spiro atoms. The number of Topliss-reactive ketones (excluding diaryl/α,β-unsaturated/α-hetero) is 1. The van der Waals surface area contributed by atoms with Gasteiger partial charge in [0.15, 0.2) is 11.6 Å². The lowest BCUT2D eigenvalue weighted by Crippen LogP contribution is -2.49. The Bertz CT molecular complexity index is 415. The van der Waals surface area contributed by atoms with Gasteiger partial charge in [-0.05, 0) is 18.4 Å². The molecule has 0 aromatic heterocycles. The van der Waals surface area contributed by atoms with Crippen LogP contribution in [-0.4, -0.2) is 42.0 Å². The Balaban J connectivity index is 2.30. The van der Waals surface area contributed by atoms with Crippen LogP contribution in [-0.2, 0) is 9.59 Å². The van der Waals surface area contributed by atoms with Crippen molar-refractivity contribution in [3.8, 4) is 0 Å². The van der Waals surface area contributed by atoms with E-state index in [9.17, 15) is 9.59 Å². The molecule has 0 amide bonds. The highest BCUT2D eigenvalue weighted by Crippen LogP contribution is 2.32. The van der Waals surface area contributed by atoms with Gasteiger partial charge in [-0.2, -0.15) is 0 Å². The average Bonchev–Trinajstić information content (AvgIpc) is 2.32. The lowest BCUT2D eigenvalue weighted by atomic mass is 9.77. The van der Waals surface area contributed by atoms with E-state index in [1.807, 2.05) is 40.7 Å². The van der Waals surface area contributed by atoms with Crippen LogP contribution in [0.1, 0.15) is 41.0 Å². The Morgan fingerprint density at radius 3 is 2.24 bits per heavy atom. The summed E-state index contributed by atoms with van der Waals surface area (Å²) in [4.78, 5) is 25.8. The van der Waals surface area contributed by atoms with E-state index < -0.39 is 0 Å². The smallest absolute Gasteiger partial charge is 0.160 e. The minimum Gasteiger partial charge on any atom is -0.299 e. The summed E-state index contributed by atoms with van der Waals surface area (Å²) in [5, 5.41) is 0. The summed E-state index contributed by atoms with van der Waals surface area (Å²) in [6.45, 7) is 12.5. The molecule has 0 aromatic carbocycles. The minimum atomic E-state index is -0.323. The molecule has 1 saturated heterocycles. The Hall–Kier alpha value is -0.670. The standard InChI is InChI=1S/C17H28ClNO2/c1-16(2,3)14(20)7-6-8-19-11-13(12-19)9-17(4,5)15(21)10-18/h6-7,13H,8-12H2,1-5H3/b7-6+. The van der Waals surface area contributed by atoms with Gasteiger partial charge in [-0.25, -0.2) is 0 Å². The third kappa shape index (κ3) is 5.55. The number of carbonyl (C=O) groups is 2. The van der Waals surface area contributed by atoms with Crippen LogP contribution >= 0.6 is 11.6 Å². The van der Waals surface area contributed by atoms with Gasteiger partial charge in [-0.1, -0.05) is 40.7 Å². The van der Waals surface area contributed by atoms with E-state index in [0.717, 1.165) is 26.1 Å². The molecule has 4 heteroatoms. The molecule has 1 aliphatic heterocycles. The van der Waals surface area contributed by atoms with Crippen molar-refractivity contribution >= 4 is 23.2 Å². The Labute approximate surface area is 133 Å². The number of alkyl halides is 1. The number of rotatable bonds is 7. The first-order valence-electron chi connectivity index (χ1n) is 7.59. The first-order chi connectivity index (χ1) is 9.56. The van der Waals surface area contributed by atoms with Gasteiger partial charge in [0.05, 0.1) is 5.88 Å². The fourth-order valence-electron chi connectivity index (χ4n) is 2.53. The summed E-state index contributed by atoms with van der Waals surface area (Å²) in [5.41, 5.74) is -0.628. The maximum atomic E-state index is 11.8. The van der Waals surface area contributed by atoms with E-state index in [1.165, 1.54) is 0 Å². The largest absolute Gasteiger partial charge is 0.299 e. The Morgan fingerprint density at radius 1 is 1.19 bits per heavy atom. The minimum absolute atomic E-state index is 0.0983. The second-order valence-electron chi connectivity index (χ2n) is 7.75. The zero-order chi connectivity index (χ0) is 16.3. The predicted octanol–water partition coefficient (Wildman–Crippen LogP) is 3.31. The topological polar surface area (TPSA) is 37.4 Å². The van der Waals surface area contributed by atoms with E-state index >= 15 is 0 Å². The van der Waals surface area contributed by atoms with Gasteiger partial charge in [0.1, 0.15) is 0 Å². The van der Waals surface area contributed by atoms with Crippen LogP contribution in [0.4, 0.5) is 0 Å². The van der Waals surface area contributed by atoms with Crippen LogP contribution < -0.4 is 0 Å². The molecular weight excluding hydrogens is 286 g/mol.